The van der Waals surface area contributed by atoms with E-state index in [0.717, 1.165) is 24.3 Å². The monoisotopic (exact) mass is 342 g/mol. The summed E-state index contributed by atoms with van der Waals surface area (Å²) >= 11 is 0. The second-order valence-corrected chi connectivity index (χ2v) is 4.36. The number of carbonyl (C=O) groups is 2. The second kappa shape index (κ2) is 7.31. The Hall–Kier alpha value is -3.30. The lowest BCUT2D eigenvalue weighted by Gasteiger charge is -2.11. The van der Waals surface area contributed by atoms with E-state index in [1.54, 1.807) is 0 Å². The highest BCUT2D eigenvalue weighted by molar-refractivity contribution is 6.35. The van der Waals surface area contributed by atoms with E-state index in [2.05, 4.69) is 0 Å². The van der Waals surface area contributed by atoms with Crippen molar-refractivity contribution in [1.82, 2.24) is 10.9 Å². The van der Waals surface area contributed by atoms with Gasteiger partial charge in [-0.05, 0) is 24.3 Å². The minimum Gasteiger partial charge on any atom is -0.295 e. The molecule has 0 aliphatic heterocycles. The molecule has 0 radical (unpaired) electrons. The van der Waals surface area contributed by atoms with Crippen molar-refractivity contribution in [3.63, 3.8) is 0 Å². The maximum absolute atomic E-state index is 13.3. The number of hydrogen-bond donors (Lipinski definition) is 4. The molecule has 0 aliphatic rings. The summed E-state index contributed by atoms with van der Waals surface area (Å²) in [4.78, 5) is 23.0. The van der Waals surface area contributed by atoms with E-state index in [1.807, 2.05) is 21.7 Å². The smallest absolute Gasteiger partial charge is 0.295 e. The summed E-state index contributed by atoms with van der Waals surface area (Å²) in [7, 11) is 0. The SMILES string of the molecule is O=C(NNc1cccc(F)c1F)C(=O)NNc1cccc(F)c1F. The van der Waals surface area contributed by atoms with Crippen LogP contribution in [0.25, 0.3) is 0 Å². The Morgan fingerprint density at radius 1 is 0.667 bits per heavy atom. The zero-order valence-electron chi connectivity index (χ0n) is 11.8. The molecular weight excluding hydrogens is 332 g/mol. The molecular formula is C14H10F4N4O2. The van der Waals surface area contributed by atoms with E-state index in [4.69, 9.17) is 0 Å². The third-order valence-corrected chi connectivity index (χ3v) is 2.73. The van der Waals surface area contributed by atoms with Crippen molar-refractivity contribution in [3.05, 3.63) is 59.7 Å². The molecule has 6 nitrogen and oxygen atoms in total. The van der Waals surface area contributed by atoms with Gasteiger partial charge in [0.15, 0.2) is 23.3 Å². The summed E-state index contributed by atoms with van der Waals surface area (Å²) in [6.45, 7) is 0. The Labute approximate surface area is 132 Å². The van der Waals surface area contributed by atoms with Crippen LogP contribution in [0.2, 0.25) is 0 Å². The van der Waals surface area contributed by atoms with Crippen LogP contribution in [0.3, 0.4) is 0 Å². The van der Waals surface area contributed by atoms with Crippen LogP contribution >= 0.6 is 0 Å². The van der Waals surface area contributed by atoms with E-state index in [0.29, 0.717) is 0 Å². The Kier molecular flexibility index (Phi) is 5.20. The molecule has 0 heterocycles. The molecule has 10 heteroatoms. The molecule has 2 aromatic rings. The maximum atomic E-state index is 13.3. The van der Waals surface area contributed by atoms with Crippen LogP contribution in [0.5, 0.6) is 0 Å². The van der Waals surface area contributed by atoms with Crippen molar-refractivity contribution < 1.29 is 27.2 Å². The van der Waals surface area contributed by atoms with Gasteiger partial charge < -0.3 is 0 Å². The van der Waals surface area contributed by atoms with Gasteiger partial charge in [-0.1, -0.05) is 12.1 Å². The Morgan fingerprint density at radius 3 is 1.42 bits per heavy atom. The summed E-state index contributed by atoms with van der Waals surface area (Å²) in [6, 6.07) is 6.34. The minimum atomic E-state index is -1.29. The minimum absolute atomic E-state index is 0.403. The average Bonchev–Trinajstić information content (AvgIpc) is 2.57. The van der Waals surface area contributed by atoms with Crippen LogP contribution in [0.4, 0.5) is 28.9 Å². The first-order chi connectivity index (χ1) is 11.4. The van der Waals surface area contributed by atoms with Crippen molar-refractivity contribution >= 4 is 23.2 Å². The number of carbonyl (C=O) groups excluding carboxylic acids is 2. The first kappa shape index (κ1) is 17.1. The molecule has 2 amide bonds. The van der Waals surface area contributed by atoms with Crippen LogP contribution in [-0.2, 0) is 9.59 Å². The topological polar surface area (TPSA) is 82.3 Å². The van der Waals surface area contributed by atoms with Crippen molar-refractivity contribution in [2.45, 2.75) is 0 Å². The Morgan fingerprint density at radius 2 is 1.04 bits per heavy atom. The number of hydrogen-bond acceptors (Lipinski definition) is 4. The van der Waals surface area contributed by atoms with Crippen molar-refractivity contribution in [2.75, 3.05) is 10.9 Å². The van der Waals surface area contributed by atoms with E-state index in [9.17, 15) is 27.2 Å². The fourth-order valence-corrected chi connectivity index (χ4v) is 1.56. The maximum Gasteiger partial charge on any atom is 0.329 e. The number of rotatable bonds is 4. The molecule has 0 atom stereocenters. The molecule has 0 spiro atoms. The normalized spacial score (nSPS) is 10.0. The lowest BCUT2D eigenvalue weighted by molar-refractivity contribution is -0.138. The molecule has 0 saturated carbocycles. The van der Waals surface area contributed by atoms with Gasteiger partial charge >= 0.3 is 11.8 Å². The third-order valence-electron chi connectivity index (χ3n) is 2.73. The number of nitrogens with one attached hydrogen (secondary N) is 4. The summed E-state index contributed by atoms with van der Waals surface area (Å²) in [5.74, 6) is -7.38. The van der Waals surface area contributed by atoms with Gasteiger partial charge in [-0.3, -0.25) is 31.3 Å². The number of benzene rings is 2. The van der Waals surface area contributed by atoms with E-state index in [-0.39, 0.29) is 0 Å². The van der Waals surface area contributed by atoms with Gasteiger partial charge in [0.25, 0.3) is 0 Å². The summed E-state index contributed by atoms with van der Waals surface area (Å²) in [5.41, 5.74) is 6.85. The first-order valence-corrected chi connectivity index (χ1v) is 6.40. The van der Waals surface area contributed by atoms with Crippen LogP contribution in [-0.4, -0.2) is 11.8 Å². The molecule has 0 bridgehead atoms. The number of halogens is 4. The quantitative estimate of drug-likeness (QED) is 0.388. The van der Waals surface area contributed by atoms with Crippen LogP contribution in [0.1, 0.15) is 0 Å². The van der Waals surface area contributed by atoms with Crippen molar-refractivity contribution in [3.8, 4) is 0 Å². The fraction of sp³-hybridized carbons (Fsp3) is 0. The van der Waals surface area contributed by atoms with E-state index in [1.165, 1.54) is 12.1 Å². The highest BCUT2D eigenvalue weighted by atomic mass is 19.2. The molecule has 0 unspecified atom stereocenters. The molecule has 2 aromatic carbocycles. The van der Waals surface area contributed by atoms with E-state index < -0.39 is 46.5 Å². The largest absolute Gasteiger partial charge is 0.329 e. The predicted molar refractivity (Wildman–Crippen MR) is 76.2 cm³/mol. The number of hydrazine groups is 2. The lowest BCUT2D eigenvalue weighted by atomic mass is 10.3. The first-order valence-electron chi connectivity index (χ1n) is 6.40. The second-order valence-electron chi connectivity index (χ2n) is 4.36. The third kappa shape index (κ3) is 3.91. The van der Waals surface area contributed by atoms with Gasteiger partial charge in [-0.25, -0.2) is 17.6 Å². The van der Waals surface area contributed by atoms with Crippen LogP contribution < -0.4 is 21.7 Å². The molecule has 0 saturated heterocycles. The summed E-state index contributed by atoms with van der Waals surface area (Å²) < 4.78 is 52.6. The Bertz CT molecular complexity index is 720. The van der Waals surface area contributed by atoms with Gasteiger partial charge in [0.1, 0.15) is 0 Å². The average molecular weight is 342 g/mol. The molecule has 0 aromatic heterocycles. The van der Waals surface area contributed by atoms with Gasteiger partial charge in [-0.2, -0.15) is 0 Å². The zero-order valence-corrected chi connectivity index (χ0v) is 11.8. The molecule has 4 N–H and O–H groups in total. The fourth-order valence-electron chi connectivity index (χ4n) is 1.56. The highest BCUT2D eigenvalue weighted by Gasteiger charge is 2.15. The molecule has 0 fully saturated rings. The molecule has 2 rings (SSSR count). The van der Waals surface area contributed by atoms with Crippen molar-refractivity contribution in [2.24, 2.45) is 0 Å². The van der Waals surface area contributed by atoms with Crippen LogP contribution in [0.15, 0.2) is 36.4 Å². The summed E-state index contributed by atoms with van der Waals surface area (Å²) in [6.07, 6.45) is 0. The number of amides is 2. The molecule has 0 aliphatic carbocycles. The Balaban J connectivity index is 1.89. The van der Waals surface area contributed by atoms with Gasteiger partial charge in [-0.15, -0.1) is 0 Å². The zero-order chi connectivity index (χ0) is 17.7. The predicted octanol–water partition coefficient (Wildman–Crippen LogP) is 1.83. The molecule has 24 heavy (non-hydrogen) atoms. The summed E-state index contributed by atoms with van der Waals surface area (Å²) in [5, 5.41) is 0. The van der Waals surface area contributed by atoms with Gasteiger partial charge in [0, 0.05) is 0 Å². The van der Waals surface area contributed by atoms with Gasteiger partial charge in [0.05, 0.1) is 11.4 Å². The van der Waals surface area contributed by atoms with Crippen molar-refractivity contribution in [1.29, 1.82) is 0 Å². The lowest BCUT2D eigenvalue weighted by Crippen LogP contribution is -2.44. The number of anilines is 2. The molecule has 126 valence electrons. The van der Waals surface area contributed by atoms with Crippen LogP contribution in [0, 0.1) is 23.3 Å². The highest BCUT2D eigenvalue weighted by Crippen LogP contribution is 2.16. The van der Waals surface area contributed by atoms with E-state index >= 15 is 0 Å². The standard InChI is InChI=1S/C14H10F4N4O2/c15-7-3-1-5-9(11(7)17)19-21-13(23)14(24)22-20-10-6-2-4-8(16)12(10)18/h1-6,19-20H,(H,21,23)(H,22,24). The van der Waals surface area contributed by atoms with Gasteiger partial charge in [0.2, 0.25) is 0 Å².